The number of rotatable bonds is 0. The van der Waals surface area contributed by atoms with Gasteiger partial charge in [-0.15, -0.1) is 0 Å². The standard InChI is InChI=1S/Na.Ni.2H2O.H/h;;2*1H2;/q;+2;;;/p-2. The summed E-state index contributed by atoms with van der Waals surface area (Å²) in [7, 11) is 0. The third-order valence-corrected chi connectivity index (χ3v) is 0. The van der Waals surface area contributed by atoms with Gasteiger partial charge in [0.2, 0.25) is 0 Å². The molecule has 0 heterocycles. The fourth-order valence-electron chi connectivity index (χ4n) is 0. The van der Waals surface area contributed by atoms with Crippen LogP contribution in [0.25, 0.3) is 0 Å². The topological polar surface area (TPSA) is 60.0 Å². The maximum atomic E-state index is 0. The maximum absolute atomic E-state index is 0. The fraction of sp³-hybridized carbons (Fsp3) is 0. The summed E-state index contributed by atoms with van der Waals surface area (Å²) in [5, 5.41) is 0. The number of hydrogen-bond donors (Lipinski definition) is 0. The molecule has 0 aliphatic carbocycles. The first-order chi connectivity index (χ1) is 0. The van der Waals surface area contributed by atoms with Crippen molar-refractivity contribution in [2.24, 2.45) is 0 Å². The molecule has 0 aromatic carbocycles. The van der Waals surface area contributed by atoms with Gasteiger partial charge in [-0.2, -0.15) is 0 Å². The molecule has 4 heavy (non-hydrogen) atoms. The average Bonchev–Trinajstić information content (AvgIpc) is 0. The van der Waals surface area contributed by atoms with Gasteiger partial charge < -0.3 is 11.0 Å². The van der Waals surface area contributed by atoms with E-state index < -0.39 is 0 Å². The predicted molar refractivity (Wildman–Crippen MR) is 11.0 cm³/mol. The van der Waals surface area contributed by atoms with Crippen LogP contribution >= 0.6 is 0 Å². The van der Waals surface area contributed by atoms with E-state index in [1.54, 1.807) is 0 Å². The van der Waals surface area contributed by atoms with E-state index in [0.29, 0.717) is 0 Å². The van der Waals surface area contributed by atoms with Crippen molar-refractivity contribution in [2.75, 3.05) is 0 Å². The van der Waals surface area contributed by atoms with Crippen molar-refractivity contribution in [3.63, 3.8) is 0 Å². The smallest absolute Gasteiger partial charge is 0.870 e. The Morgan fingerprint density at radius 3 is 0.750 bits per heavy atom. The van der Waals surface area contributed by atoms with Crippen molar-refractivity contribution < 1.29 is 27.4 Å². The first kappa shape index (κ1) is 52.8. The first-order valence-corrected chi connectivity index (χ1v) is 0. The summed E-state index contributed by atoms with van der Waals surface area (Å²) >= 11 is 0. The van der Waals surface area contributed by atoms with Gasteiger partial charge in [0.15, 0.2) is 0 Å². The molecule has 2 N–H and O–H groups in total. The van der Waals surface area contributed by atoms with Gasteiger partial charge in [-0.1, -0.05) is 0 Å². The Kier molecular flexibility index (Phi) is 340. The molecule has 0 radical (unpaired) electrons. The van der Waals surface area contributed by atoms with Crippen molar-refractivity contribution >= 4 is 29.6 Å². The Labute approximate surface area is 56.8 Å². The van der Waals surface area contributed by atoms with Gasteiger partial charge in [-0.05, 0) is 0 Å². The summed E-state index contributed by atoms with van der Waals surface area (Å²) in [5.41, 5.74) is 0. The van der Waals surface area contributed by atoms with E-state index in [0.717, 1.165) is 0 Å². The van der Waals surface area contributed by atoms with E-state index in [4.69, 9.17) is 0 Å². The summed E-state index contributed by atoms with van der Waals surface area (Å²) in [5.74, 6) is 0. The van der Waals surface area contributed by atoms with Crippen LogP contribution in [0.3, 0.4) is 0 Å². The SMILES string of the molecule is [NaH].[Ni+2].[OH-].[OH-]. The summed E-state index contributed by atoms with van der Waals surface area (Å²) in [6.45, 7) is 0. The monoisotopic (exact) mass is 116 g/mol. The predicted octanol–water partition coefficient (Wildman–Crippen LogP) is -1.00. The molecule has 0 aliphatic rings. The van der Waals surface area contributed by atoms with Gasteiger partial charge in [0.25, 0.3) is 0 Å². The minimum absolute atomic E-state index is 0. The largest absolute Gasteiger partial charge is 2.00 e. The zero-order valence-corrected chi connectivity index (χ0v) is 2.20. The van der Waals surface area contributed by atoms with Crippen LogP contribution in [0.1, 0.15) is 0 Å². The van der Waals surface area contributed by atoms with E-state index in [9.17, 15) is 0 Å². The Balaban J connectivity index is 0. The van der Waals surface area contributed by atoms with Crippen LogP contribution < -0.4 is 0 Å². The van der Waals surface area contributed by atoms with Gasteiger partial charge in [0, 0.05) is 0 Å². The Morgan fingerprint density at radius 1 is 0.750 bits per heavy atom. The molecule has 0 amide bonds. The molecule has 26 valence electrons. The zero-order valence-electron chi connectivity index (χ0n) is 1.21. The zero-order chi connectivity index (χ0) is 0. The fourth-order valence-corrected chi connectivity index (χ4v) is 0. The van der Waals surface area contributed by atoms with Crippen LogP contribution in [-0.2, 0) is 16.5 Å². The van der Waals surface area contributed by atoms with Crippen LogP contribution in [-0.4, -0.2) is 40.5 Å². The molecule has 0 aromatic heterocycles. The van der Waals surface area contributed by atoms with E-state index in [1.165, 1.54) is 0 Å². The molecule has 0 fully saturated rings. The van der Waals surface area contributed by atoms with E-state index in [1.807, 2.05) is 0 Å². The van der Waals surface area contributed by atoms with Crippen LogP contribution in [0, 0.1) is 0 Å². The minimum atomic E-state index is 0. The maximum Gasteiger partial charge on any atom is 2.00 e. The molecular weight excluding hydrogens is 114 g/mol. The van der Waals surface area contributed by atoms with Gasteiger partial charge >= 0.3 is 46.0 Å². The minimum Gasteiger partial charge on any atom is -0.870 e. The van der Waals surface area contributed by atoms with Crippen molar-refractivity contribution in [3.05, 3.63) is 0 Å². The average molecular weight is 117 g/mol. The van der Waals surface area contributed by atoms with E-state index in [-0.39, 0.29) is 57.0 Å². The summed E-state index contributed by atoms with van der Waals surface area (Å²) < 4.78 is 0. The molecule has 0 spiro atoms. The summed E-state index contributed by atoms with van der Waals surface area (Å²) in [6.07, 6.45) is 0. The van der Waals surface area contributed by atoms with Gasteiger partial charge in [-0.3, -0.25) is 0 Å². The Bertz CT molecular complexity index is 6.00. The van der Waals surface area contributed by atoms with Crippen molar-refractivity contribution in [2.45, 2.75) is 0 Å². The second-order valence-electron chi connectivity index (χ2n) is 0. The molecule has 0 aromatic rings. The van der Waals surface area contributed by atoms with Gasteiger partial charge in [0.05, 0.1) is 0 Å². The van der Waals surface area contributed by atoms with E-state index >= 15 is 0 Å². The second kappa shape index (κ2) is 25.7. The molecule has 0 unspecified atom stereocenters. The third-order valence-electron chi connectivity index (χ3n) is 0. The van der Waals surface area contributed by atoms with Crippen molar-refractivity contribution in [3.8, 4) is 0 Å². The van der Waals surface area contributed by atoms with E-state index in [2.05, 4.69) is 0 Å². The molecule has 0 saturated carbocycles. The Hall–Kier alpha value is 1.41. The molecule has 2 nitrogen and oxygen atoms in total. The molecule has 0 rings (SSSR count). The van der Waals surface area contributed by atoms with Gasteiger partial charge in [0.1, 0.15) is 0 Å². The third kappa shape index (κ3) is 9.95. The van der Waals surface area contributed by atoms with Crippen LogP contribution in [0.4, 0.5) is 0 Å². The van der Waals surface area contributed by atoms with Gasteiger partial charge in [-0.25, -0.2) is 0 Å². The second-order valence-corrected chi connectivity index (χ2v) is 0. The van der Waals surface area contributed by atoms with Crippen molar-refractivity contribution in [1.82, 2.24) is 0 Å². The molecule has 0 saturated heterocycles. The molecule has 0 atom stereocenters. The first-order valence-electron chi connectivity index (χ1n) is 0. The van der Waals surface area contributed by atoms with Crippen LogP contribution in [0.5, 0.6) is 0 Å². The molecule has 4 heteroatoms. The summed E-state index contributed by atoms with van der Waals surface area (Å²) in [4.78, 5) is 0. The Morgan fingerprint density at radius 2 is 0.750 bits per heavy atom. The molecule has 0 bridgehead atoms. The quantitative estimate of drug-likeness (QED) is 0.381. The molecular formula is H3NaNiO2. The van der Waals surface area contributed by atoms with Crippen molar-refractivity contribution in [1.29, 1.82) is 0 Å². The summed E-state index contributed by atoms with van der Waals surface area (Å²) in [6, 6.07) is 0. The normalized spacial score (nSPS) is 0. The van der Waals surface area contributed by atoms with Crippen LogP contribution in [0.15, 0.2) is 0 Å². The molecule has 0 aliphatic heterocycles. The number of hydrogen-bond acceptors (Lipinski definition) is 2. The van der Waals surface area contributed by atoms with Crippen LogP contribution in [0.2, 0.25) is 0 Å².